The highest BCUT2D eigenvalue weighted by Gasteiger charge is 2.14. The van der Waals surface area contributed by atoms with Crippen LogP contribution in [-0.4, -0.2) is 4.57 Å². The van der Waals surface area contributed by atoms with Gasteiger partial charge in [-0.3, -0.25) is 0 Å². The van der Waals surface area contributed by atoms with Crippen molar-refractivity contribution in [2.75, 3.05) is 0 Å². The van der Waals surface area contributed by atoms with Crippen molar-refractivity contribution in [1.82, 2.24) is 4.57 Å². The molecule has 4 rings (SSSR count). The molecule has 0 saturated heterocycles. The third kappa shape index (κ3) is 3.59. The quantitative estimate of drug-likeness (QED) is 0.398. The molecule has 0 aliphatic carbocycles. The number of nitrogens with zero attached hydrogens (tertiary/aromatic N) is 1. The zero-order valence-electron chi connectivity index (χ0n) is 15.5. The third-order valence-electron chi connectivity index (χ3n) is 4.73. The van der Waals surface area contributed by atoms with Crippen LogP contribution < -0.4 is 4.74 Å². The number of halogens is 1. The van der Waals surface area contributed by atoms with Crippen LogP contribution in [0, 0.1) is 5.82 Å². The van der Waals surface area contributed by atoms with E-state index in [1.807, 2.05) is 36.4 Å². The van der Waals surface area contributed by atoms with Crippen molar-refractivity contribution in [1.29, 1.82) is 0 Å². The Labute approximate surface area is 158 Å². The van der Waals surface area contributed by atoms with Crippen LogP contribution in [0.3, 0.4) is 0 Å². The van der Waals surface area contributed by atoms with Gasteiger partial charge in [-0.25, -0.2) is 4.39 Å². The number of hydrogen-bond acceptors (Lipinski definition) is 1. The summed E-state index contributed by atoms with van der Waals surface area (Å²) in [5.74, 6) is 0.965. The lowest BCUT2D eigenvalue weighted by molar-refractivity contribution is 0.306. The molecule has 0 atom stereocenters. The highest BCUT2D eigenvalue weighted by molar-refractivity contribution is 5.85. The topological polar surface area (TPSA) is 14.2 Å². The number of aromatic nitrogens is 1. The van der Waals surface area contributed by atoms with Crippen LogP contribution in [0.1, 0.15) is 31.0 Å². The van der Waals surface area contributed by atoms with E-state index in [9.17, 15) is 4.39 Å². The Kier molecular flexibility index (Phi) is 4.68. The lowest BCUT2D eigenvalue weighted by atomic mass is 10.1. The van der Waals surface area contributed by atoms with Crippen LogP contribution in [0.4, 0.5) is 4.39 Å². The summed E-state index contributed by atoms with van der Waals surface area (Å²) in [5.41, 5.74) is 4.39. The first-order chi connectivity index (χ1) is 13.1. The number of hydrogen-bond donors (Lipinski definition) is 0. The Morgan fingerprint density at radius 3 is 2.33 bits per heavy atom. The lowest BCUT2D eigenvalue weighted by Crippen LogP contribution is -2.01. The van der Waals surface area contributed by atoms with Crippen molar-refractivity contribution in [2.24, 2.45) is 0 Å². The van der Waals surface area contributed by atoms with E-state index in [-0.39, 0.29) is 5.82 Å². The van der Waals surface area contributed by atoms with Crippen molar-refractivity contribution in [3.05, 3.63) is 95.9 Å². The van der Waals surface area contributed by atoms with Gasteiger partial charge in [-0.1, -0.05) is 44.2 Å². The summed E-state index contributed by atoms with van der Waals surface area (Å²) >= 11 is 0. The molecule has 27 heavy (non-hydrogen) atoms. The predicted molar refractivity (Wildman–Crippen MR) is 108 cm³/mol. The van der Waals surface area contributed by atoms with Gasteiger partial charge in [0.25, 0.3) is 0 Å². The minimum absolute atomic E-state index is 0.224. The van der Waals surface area contributed by atoms with Crippen molar-refractivity contribution >= 4 is 10.9 Å². The Bertz CT molecular complexity index is 1050. The van der Waals surface area contributed by atoms with Gasteiger partial charge in [-0.2, -0.15) is 0 Å². The first-order valence-electron chi connectivity index (χ1n) is 9.20. The Morgan fingerprint density at radius 1 is 0.889 bits per heavy atom. The van der Waals surface area contributed by atoms with Gasteiger partial charge in [0.1, 0.15) is 18.2 Å². The molecule has 0 unspecified atom stereocenters. The summed E-state index contributed by atoms with van der Waals surface area (Å²) in [6, 6.07) is 25.1. The highest BCUT2D eigenvalue weighted by atomic mass is 19.1. The summed E-state index contributed by atoms with van der Waals surface area (Å²) in [5, 5.41) is 1.12. The van der Waals surface area contributed by atoms with Crippen LogP contribution in [0.2, 0.25) is 0 Å². The van der Waals surface area contributed by atoms with Crippen molar-refractivity contribution in [2.45, 2.75) is 26.4 Å². The van der Waals surface area contributed by atoms with E-state index in [0.717, 1.165) is 27.9 Å². The van der Waals surface area contributed by atoms with Gasteiger partial charge in [0.05, 0.1) is 5.52 Å². The smallest absolute Gasteiger partial charge is 0.123 e. The predicted octanol–water partition coefficient (Wildman–Crippen LogP) is 6.47. The molecule has 3 heteroatoms. The zero-order valence-corrected chi connectivity index (χ0v) is 15.5. The maximum Gasteiger partial charge on any atom is 0.123 e. The summed E-state index contributed by atoms with van der Waals surface area (Å²) in [6.07, 6.45) is 0. The Morgan fingerprint density at radius 2 is 1.63 bits per heavy atom. The molecule has 3 aromatic carbocycles. The molecule has 0 aliphatic heterocycles. The Hall–Kier alpha value is -3.07. The fourth-order valence-electron chi connectivity index (χ4n) is 3.35. The summed E-state index contributed by atoms with van der Waals surface area (Å²) in [7, 11) is 0. The molecule has 0 aliphatic rings. The molecule has 0 fully saturated rings. The molecule has 2 nitrogen and oxygen atoms in total. The molecule has 0 N–H and O–H groups in total. The first-order valence-corrected chi connectivity index (χ1v) is 9.20. The van der Waals surface area contributed by atoms with E-state index in [4.69, 9.17) is 4.74 Å². The first kappa shape index (κ1) is 17.3. The summed E-state index contributed by atoms with van der Waals surface area (Å²) < 4.78 is 21.5. The Balaban J connectivity index is 1.71. The highest BCUT2D eigenvalue weighted by Crippen LogP contribution is 2.31. The van der Waals surface area contributed by atoms with Crippen LogP contribution in [0.5, 0.6) is 5.75 Å². The fraction of sp³-hybridized carbons (Fsp3) is 0.167. The van der Waals surface area contributed by atoms with Gasteiger partial charge in [-0.15, -0.1) is 0 Å². The molecule has 0 spiro atoms. The molecule has 1 heterocycles. The summed E-state index contributed by atoms with van der Waals surface area (Å²) in [4.78, 5) is 0. The molecule has 4 aromatic rings. The van der Waals surface area contributed by atoms with E-state index in [0.29, 0.717) is 12.5 Å². The van der Waals surface area contributed by atoms with Gasteiger partial charge in [0.15, 0.2) is 0 Å². The lowest BCUT2D eigenvalue weighted by Gasteiger charge is -2.13. The van der Waals surface area contributed by atoms with E-state index in [2.05, 4.69) is 48.7 Å². The SMILES string of the molecule is CC(C)c1cc2cc(OCc3ccccc3)ccc2n1-c1ccc(F)cc1. The maximum absolute atomic E-state index is 13.4. The number of fused-ring (bicyclic) bond motifs is 1. The molecule has 0 amide bonds. The molecule has 0 saturated carbocycles. The van der Waals surface area contributed by atoms with E-state index in [1.165, 1.54) is 17.8 Å². The molecule has 0 radical (unpaired) electrons. The third-order valence-corrected chi connectivity index (χ3v) is 4.73. The molecular formula is C24H22FNO. The van der Waals surface area contributed by atoms with Crippen molar-refractivity contribution in [3.63, 3.8) is 0 Å². The minimum atomic E-state index is -0.224. The van der Waals surface area contributed by atoms with E-state index in [1.54, 1.807) is 0 Å². The van der Waals surface area contributed by atoms with Crippen molar-refractivity contribution < 1.29 is 9.13 Å². The van der Waals surface area contributed by atoms with Crippen molar-refractivity contribution in [3.8, 4) is 11.4 Å². The van der Waals surface area contributed by atoms with Gasteiger partial charge < -0.3 is 9.30 Å². The molecular weight excluding hydrogens is 337 g/mol. The second-order valence-corrected chi connectivity index (χ2v) is 7.03. The maximum atomic E-state index is 13.4. The van der Waals surface area contributed by atoms with E-state index >= 15 is 0 Å². The van der Waals surface area contributed by atoms with E-state index < -0.39 is 0 Å². The average molecular weight is 359 g/mol. The molecule has 0 bridgehead atoms. The standard InChI is InChI=1S/C24H22FNO/c1-17(2)24-15-19-14-22(27-16-18-6-4-3-5-7-18)12-13-23(19)26(24)21-10-8-20(25)9-11-21/h3-15,17H,16H2,1-2H3. The molecule has 1 aromatic heterocycles. The minimum Gasteiger partial charge on any atom is -0.489 e. The van der Waals surface area contributed by atoms with Crippen LogP contribution in [0.25, 0.3) is 16.6 Å². The second-order valence-electron chi connectivity index (χ2n) is 7.03. The summed E-state index contributed by atoms with van der Waals surface area (Å²) in [6.45, 7) is 4.88. The van der Waals surface area contributed by atoms with Crippen LogP contribution in [0.15, 0.2) is 78.9 Å². The monoisotopic (exact) mass is 359 g/mol. The van der Waals surface area contributed by atoms with Gasteiger partial charge in [0.2, 0.25) is 0 Å². The van der Waals surface area contributed by atoms with Crippen LogP contribution >= 0.6 is 0 Å². The molecule has 136 valence electrons. The number of benzene rings is 3. The second kappa shape index (κ2) is 7.28. The van der Waals surface area contributed by atoms with Gasteiger partial charge in [-0.05, 0) is 60.0 Å². The average Bonchev–Trinajstić information content (AvgIpc) is 3.07. The normalized spacial score (nSPS) is 11.3. The number of ether oxygens (including phenoxy) is 1. The van der Waals surface area contributed by atoms with Crippen LogP contribution in [-0.2, 0) is 6.61 Å². The van der Waals surface area contributed by atoms with Gasteiger partial charge in [0, 0.05) is 16.8 Å². The fourth-order valence-corrected chi connectivity index (χ4v) is 3.35. The number of rotatable bonds is 5. The zero-order chi connectivity index (χ0) is 18.8. The largest absolute Gasteiger partial charge is 0.489 e. The van der Waals surface area contributed by atoms with Gasteiger partial charge >= 0.3 is 0 Å².